The van der Waals surface area contributed by atoms with Gasteiger partial charge in [-0.3, -0.25) is 0 Å². The third-order valence-corrected chi connectivity index (χ3v) is 7.55. The first-order valence-corrected chi connectivity index (χ1v) is 11.7. The van der Waals surface area contributed by atoms with E-state index in [0.717, 1.165) is 11.0 Å². The molecule has 0 amide bonds. The highest BCUT2D eigenvalue weighted by Crippen LogP contribution is 2.50. The van der Waals surface area contributed by atoms with Gasteiger partial charge in [0.2, 0.25) is 0 Å². The monoisotopic (exact) mass is 465 g/mol. The van der Waals surface area contributed by atoms with E-state index in [1.54, 1.807) is 0 Å². The van der Waals surface area contributed by atoms with Gasteiger partial charge in [0.15, 0.2) is 0 Å². The average Bonchev–Trinajstić information content (AvgIpc) is 3.22. The lowest BCUT2D eigenvalue weighted by Crippen LogP contribution is -2.14. The SMILES string of the molecule is CCn1c2ccccc2c2ccc(-c3ccc4c(c3)C(C)(C)c3ccc(Br)cc3-4)cc21. The summed E-state index contributed by atoms with van der Waals surface area (Å²) in [6.07, 6.45) is 0. The minimum absolute atomic E-state index is 0.00376. The summed E-state index contributed by atoms with van der Waals surface area (Å²) < 4.78 is 3.57. The number of aromatic nitrogens is 1. The Hall–Kier alpha value is -2.84. The van der Waals surface area contributed by atoms with E-state index in [-0.39, 0.29) is 5.41 Å². The molecule has 152 valence electrons. The highest BCUT2D eigenvalue weighted by molar-refractivity contribution is 9.10. The van der Waals surface area contributed by atoms with Crippen molar-refractivity contribution in [3.8, 4) is 22.3 Å². The van der Waals surface area contributed by atoms with Crippen molar-refractivity contribution in [1.29, 1.82) is 0 Å². The van der Waals surface area contributed by atoms with Gasteiger partial charge >= 0.3 is 0 Å². The van der Waals surface area contributed by atoms with Crippen LogP contribution in [-0.4, -0.2) is 4.57 Å². The van der Waals surface area contributed by atoms with E-state index in [1.165, 1.54) is 55.2 Å². The van der Waals surface area contributed by atoms with Crippen molar-refractivity contribution >= 4 is 37.7 Å². The minimum atomic E-state index is 0.00376. The number of halogens is 1. The molecule has 1 aliphatic carbocycles. The topological polar surface area (TPSA) is 4.93 Å². The fourth-order valence-corrected chi connectivity index (χ4v) is 5.84. The fourth-order valence-electron chi connectivity index (χ4n) is 5.47. The van der Waals surface area contributed by atoms with Crippen molar-refractivity contribution in [1.82, 2.24) is 4.57 Å². The minimum Gasteiger partial charge on any atom is -0.341 e. The second-order valence-electron chi connectivity index (χ2n) is 9.07. The Labute approximate surface area is 191 Å². The van der Waals surface area contributed by atoms with Gasteiger partial charge in [-0.05, 0) is 70.6 Å². The van der Waals surface area contributed by atoms with Crippen LogP contribution in [0.1, 0.15) is 31.9 Å². The first kappa shape index (κ1) is 18.9. The number of para-hydroxylation sites is 1. The van der Waals surface area contributed by atoms with E-state index in [4.69, 9.17) is 0 Å². The molecule has 1 heterocycles. The molecule has 0 fully saturated rings. The summed E-state index contributed by atoms with van der Waals surface area (Å²) in [7, 11) is 0. The number of hydrogen-bond acceptors (Lipinski definition) is 0. The molecule has 0 radical (unpaired) electrons. The first-order chi connectivity index (χ1) is 15.0. The molecule has 0 bridgehead atoms. The largest absolute Gasteiger partial charge is 0.341 e. The summed E-state index contributed by atoms with van der Waals surface area (Å²) in [5, 5.41) is 2.67. The van der Waals surface area contributed by atoms with Gasteiger partial charge in [0.05, 0.1) is 0 Å². The lowest BCUT2D eigenvalue weighted by atomic mass is 9.81. The number of aryl methyl sites for hydroxylation is 1. The Kier molecular flexibility index (Phi) is 4.01. The summed E-state index contributed by atoms with van der Waals surface area (Å²) in [6, 6.07) is 29.4. The normalized spacial score (nSPS) is 14.2. The third kappa shape index (κ3) is 2.61. The Morgan fingerprint density at radius 2 is 1.45 bits per heavy atom. The molecule has 1 aromatic heterocycles. The fraction of sp³-hybridized carbons (Fsp3) is 0.172. The molecule has 0 atom stereocenters. The molecule has 2 heteroatoms. The highest BCUT2D eigenvalue weighted by Gasteiger charge is 2.35. The molecule has 0 saturated carbocycles. The van der Waals surface area contributed by atoms with Crippen LogP contribution >= 0.6 is 15.9 Å². The standard InChI is InChI=1S/C29H24BrN/c1-4-31-27-8-6-5-7-22(27)23-13-10-19(16-28(23)31)18-9-12-21-24-17-20(30)11-14-25(24)29(2,3)26(21)15-18/h5-17H,4H2,1-3H3. The van der Waals surface area contributed by atoms with Crippen molar-refractivity contribution in [2.24, 2.45) is 0 Å². The smallest absolute Gasteiger partial charge is 0.0497 e. The number of benzene rings is 4. The predicted octanol–water partition coefficient (Wildman–Crippen LogP) is 8.55. The first-order valence-electron chi connectivity index (χ1n) is 11.0. The van der Waals surface area contributed by atoms with Crippen LogP contribution < -0.4 is 0 Å². The van der Waals surface area contributed by atoms with Crippen LogP contribution in [0.25, 0.3) is 44.1 Å². The van der Waals surface area contributed by atoms with Crippen LogP contribution in [0.5, 0.6) is 0 Å². The average molecular weight is 466 g/mol. The van der Waals surface area contributed by atoms with Crippen molar-refractivity contribution in [3.05, 3.63) is 94.5 Å². The maximum Gasteiger partial charge on any atom is 0.0497 e. The van der Waals surface area contributed by atoms with Crippen LogP contribution in [0, 0.1) is 0 Å². The van der Waals surface area contributed by atoms with Crippen molar-refractivity contribution in [2.45, 2.75) is 32.7 Å². The van der Waals surface area contributed by atoms with E-state index in [0.29, 0.717) is 0 Å². The summed E-state index contributed by atoms with van der Waals surface area (Å²) in [5.74, 6) is 0. The maximum atomic E-state index is 3.65. The van der Waals surface area contributed by atoms with Crippen molar-refractivity contribution < 1.29 is 0 Å². The molecule has 6 rings (SSSR count). The molecular formula is C29H24BrN. The van der Waals surface area contributed by atoms with Gasteiger partial charge in [-0.2, -0.15) is 0 Å². The second kappa shape index (κ2) is 6.58. The van der Waals surface area contributed by atoms with E-state index in [9.17, 15) is 0 Å². The zero-order chi connectivity index (χ0) is 21.3. The maximum absolute atomic E-state index is 3.65. The number of fused-ring (bicyclic) bond motifs is 6. The molecule has 0 N–H and O–H groups in total. The highest BCUT2D eigenvalue weighted by atomic mass is 79.9. The molecule has 5 aromatic rings. The zero-order valence-corrected chi connectivity index (χ0v) is 19.6. The lowest BCUT2D eigenvalue weighted by molar-refractivity contribution is 0.660. The van der Waals surface area contributed by atoms with Gasteiger partial charge in [-0.25, -0.2) is 0 Å². The van der Waals surface area contributed by atoms with Gasteiger partial charge in [-0.1, -0.05) is 78.3 Å². The summed E-state index contributed by atoms with van der Waals surface area (Å²) in [4.78, 5) is 0. The van der Waals surface area contributed by atoms with Gasteiger partial charge in [0, 0.05) is 38.2 Å². The van der Waals surface area contributed by atoms with E-state index in [2.05, 4.69) is 120 Å². The molecule has 1 nitrogen and oxygen atoms in total. The summed E-state index contributed by atoms with van der Waals surface area (Å²) >= 11 is 3.65. The molecule has 31 heavy (non-hydrogen) atoms. The van der Waals surface area contributed by atoms with Gasteiger partial charge in [0.1, 0.15) is 0 Å². The van der Waals surface area contributed by atoms with Crippen LogP contribution in [0.15, 0.2) is 83.3 Å². The summed E-state index contributed by atoms with van der Waals surface area (Å²) in [6.45, 7) is 7.88. The second-order valence-corrected chi connectivity index (χ2v) is 9.98. The van der Waals surface area contributed by atoms with Crippen LogP contribution in [0.2, 0.25) is 0 Å². The third-order valence-electron chi connectivity index (χ3n) is 7.06. The van der Waals surface area contributed by atoms with Gasteiger partial charge < -0.3 is 4.57 Å². The number of nitrogens with zero attached hydrogens (tertiary/aromatic N) is 1. The van der Waals surface area contributed by atoms with Crippen molar-refractivity contribution in [3.63, 3.8) is 0 Å². The molecular weight excluding hydrogens is 442 g/mol. The van der Waals surface area contributed by atoms with Crippen LogP contribution in [0.3, 0.4) is 0 Å². The van der Waals surface area contributed by atoms with Gasteiger partial charge in [0.25, 0.3) is 0 Å². The molecule has 1 aliphatic rings. The predicted molar refractivity (Wildman–Crippen MR) is 136 cm³/mol. The summed E-state index contributed by atoms with van der Waals surface area (Å²) in [5.41, 5.74) is 10.7. The Morgan fingerprint density at radius 1 is 0.710 bits per heavy atom. The molecule has 0 unspecified atom stereocenters. The van der Waals surface area contributed by atoms with E-state index < -0.39 is 0 Å². The molecule has 4 aromatic carbocycles. The number of rotatable bonds is 2. The molecule has 0 spiro atoms. The quantitative estimate of drug-likeness (QED) is 0.246. The van der Waals surface area contributed by atoms with Gasteiger partial charge in [-0.15, -0.1) is 0 Å². The van der Waals surface area contributed by atoms with E-state index in [1.807, 2.05) is 0 Å². The van der Waals surface area contributed by atoms with Crippen LogP contribution in [0.4, 0.5) is 0 Å². The van der Waals surface area contributed by atoms with Crippen LogP contribution in [-0.2, 0) is 12.0 Å². The number of hydrogen-bond donors (Lipinski definition) is 0. The Morgan fingerprint density at radius 3 is 2.29 bits per heavy atom. The van der Waals surface area contributed by atoms with E-state index >= 15 is 0 Å². The lowest BCUT2D eigenvalue weighted by Gasteiger charge is -2.22. The Balaban J connectivity index is 1.55. The zero-order valence-electron chi connectivity index (χ0n) is 18.0. The molecule has 0 saturated heterocycles. The molecule has 0 aliphatic heterocycles. The Bertz CT molecular complexity index is 1500. The van der Waals surface area contributed by atoms with Crippen molar-refractivity contribution in [2.75, 3.05) is 0 Å².